The molecule has 0 aliphatic heterocycles. The highest BCUT2D eigenvalue weighted by molar-refractivity contribution is 5.89. The highest BCUT2D eigenvalue weighted by Crippen LogP contribution is 2.44. The molecule has 2 aromatic carbocycles. The Morgan fingerprint density at radius 1 is 0.974 bits per heavy atom. The Morgan fingerprint density at radius 2 is 1.61 bits per heavy atom. The maximum absolute atomic E-state index is 14.3. The van der Waals surface area contributed by atoms with Crippen molar-refractivity contribution < 1.29 is 41.0 Å². The van der Waals surface area contributed by atoms with Crippen molar-refractivity contribution >= 4 is 16.7 Å². The zero-order chi connectivity index (χ0) is 27.7. The van der Waals surface area contributed by atoms with E-state index in [9.17, 15) is 36.2 Å². The number of hydrogen-bond donors (Lipinski definition) is 2. The smallest absolute Gasteiger partial charge is 0.420 e. The van der Waals surface area contributed by atoms with E-state index in [4.69, 9.17) is 4.74 Å². The zero-order valence-corrected chi connectivity index (χ0v) is 21.2. The predicted molar refractivity (Wildman–Crippen MR) is 131 cm³/mol. The van der Waals surface area contributed by atoms with Crippen LogP contribution in [0.5, 0.6) is 5.75 Å². The summed E-state index contributed by atoms with van der Waals surface area (Å²) in [5.74, 6) is -2.95. The van der Waals surface area contributed by atoms with Gasteiger partial charge in [-0.2, -0.15) is 26.3 Å². The minimum absolute atomic E-state index is 0.00804. The van der Waals surface area contributed by atoms with Crippen molar-refractivity contribution in [3.05, 3.63) is 41.5 Å². The van der Waals surface area contributed by atoms with Gasteiger partial charge in [0.1, 0.15) is 11.3 Å². The van der Waals surface area contributed by atoms with E-state index in [0.29, 0.717) is 43.1 Å². The molecule has 0 bridgehead atoms. The van der Waals surface area contributed by atoms with Crippen LogP contribution in [0.2, 0.25) is 0 Å². The first kappa shape index (κ1) is 28.5. The third-order valence-electron chi connectivity index (χ3n) is 8.05. The highest BCUT2D eigenvalue weighted by Gasteiger charge is 2.43. The van der Waals surface area contributed by atoms with Gasteiger partial charge in [0.25, 0.3) is 0 Å². The number of nitrogens with one attached hydrogen (secondary N) is 1. The molecule has 0 aromatic heterocycles. The number of rotatable bonds is 7. The molecule has 2 saturated carbocycles. The first-order chi connectivity index (χ1) is 17.9. The fourth-order valence-electron chi connectivity index (χ4n) is 5.85. The molecule has 4 rings (SSSR count). The van der Waals surface area contributed by atoms with Crippen molar-refractivity contribution in [3.8, 4) is 5.75 Å². The van der Waals surface area contributed by atoms with Crippen LogP contribution in [0.1, 0.15) is 81.9 Å². The van der Waals surface area contributed by atoms with Gasteiger partial charge in [-0.05, 0) is 86.3 Å². The monoisotopic (exact) mass is 545 g/mol. The number of carboxylic acids is 1. The minimum Gasteiger partial charge on any atom is -0.490 e. The maximum Gasteiger partial charge on any atom is 0.420 e. The van der Waals surface area contributed by atoms with Crippen LogP contribution in [-0.2, 0) is 11.0 Å². The molecule has 1 atom stereocenters. The lowest BCUT2D eigenvalue weighted by Gasteiger charge is -2.31. The third kappa shape index (κ3) is 6.55. The van der Waals surface area contributed by atoms with E-state index >= 15 is 0 Å². The number of ether oxygens (including phenoxy) is 1. The van der Waals surface area contributed by atoms with Crippen LogP contribution in [0.25, 0.3) is 10.8 Å². The number of carbonyl (C=O) groups is 1. The molecule has 2 aliphatic carbocycles. The summed E-state index contributed by atoms with van der Waals surface area (Å²) < 4.78 is 87.8. The molecule has 2 aliphatic rings. The summed E-state index contributed by atoms with van der Waals surface area (Å²) in [4.78, 5) is 11.2. The highest BCUT2D eigenvalue weighted by atomic mass is 19.4. The Bertz CT molecular complexity index is 1120. The predicted octanol–water partition coefficient (Wildman–Crippen LogP) is 8.04. The molecule has 0 spiro atoms. The third-order valence-corrected chi connectivity index (χ3v) is 8.05. The number of benzene rings is 2. The molecular weight excluding hydrogens is 512 g/mol. The van der Waals surface area contributed by atoms with Gasteiger partial charge >= 0.3 is 18.3 Å². The van der Waals surface area contributed by atoms with E-state index in [1.165, 1.54) is 12.1 Å². The summed E-state index contributed by atoms with van der Waals surface area (Å²) in [6, 6.07) is 7.64. The second-order valence-corrected chi connectivity index (χ2v) is 10.6. The lowest BCUT2D eigenvalue weighted by Crippen LogP contribution is -2.37. The number of carboxylic acid groups (broad SMARTS) is 1. The van der Waals surface area contributed by atoms with Crippen LogP contribution < -0.4 is 10.1 Å². The first-order valence-corrected chi connectivity index (χ1v) is 13.2. The SMILES string of the molecule is CCC(N[C@H]1CC[C@@H](C(=O)O)CC1)c1ccc2ccc(O[C@H]3CC[C@@H](C(F)(F)F)CC3)c(C(F)(F)F)c2c1. The van der Waals surface area contributed by atoms with Gasteiger partial charge in [0.05, 0.1) is 17.9 Å². The van der Waals surface area contributed by atoms with Crippen molar-refractivity contribution in [3.63, 3.8) is 0 Å². The fraction of sp³-hybridized carbons (Fsp3) is 0.607. The summed E-state index contributed by atoms with van der Waals surface area (Å²) in [6.45, 7) is 1.94. The van der Waals surface area contributed by atoms with Crippen LogP contribution in [0, 0.1) is 11.8 Å². The van der Waals surface area contributed by atoms with Crippen LogP contribution in [0.3, 0.4) is 0 Å². The van der Waals surface area contributed by atoms with Gasteiger partial charge in [0, 0.05) is 12.1 Å². The van der Waals surface area contributed by atoms with Gasteiger partial charge < -0.3 is 15.2 Å². The second kappa shape index (κ2) is 11.3. The molecule has 2 fully saturated rings. The molecule has 38 heavy (non-hydrogen) atoms. The largest absolute Gasteiger partial charge is 0.490 e. The average Bonchev–Trinajstić information content (AvgIpc) is 2.86. The Morgan fingerprint density at radius 3 is 2.16 bits per heavy atom. The Labute approximate surface area is 217 Å². The van der Waals surface area contributed by atoms with Crippen LogP contribution in [-0.4, -0.2) is 29.4 Å². The Hall–Kier alpha value is -2.49. The molecular formula is C28H33F6NO3. The number of aliphatic carboxylic acids is 1. The Kier molecular flexibility index (Phi) is 8.49. The van der Waals surface area contributed by atoms with E-state index in [0.717, 1.165) is 0 Å². The van der Waals surface area contributed by atoms with E-state index in [2.05, 4.69) is 5.32 Å². The zero-order valence-electron chi connectivity index (χ0n) is 21.2. The minimum atomic E-state index is -4.72. The number of fused-ring (bicyclic) bond motifs is 1. The van der Waals surface area contributed by atoms with Crippen molar-refractivity contribution in [1.29, 1.82) is 0 Å². The fourth-order valence-corrected chi connectivity index (χ4v) is 5.85. The molecule has 0 amide bonds. The summed E-state index contributed by atoms with van der Waals surface area (Å²) in [5, 5.41) is 13.1. The topological polar surface area (TPSA) is 58.6 Å². The van der Waals surface area contributed by atoms with Gasteiger partial charge in [-0.25, -0.2) is 0 Å². The quantitative estimate of drug-likeness (QED) is 0.346. The molecule has 2 N–H and O–H groups in total. The van der Waals surface area contributed by atoms with Gasteiger partial charge in [-0.3, -0.25) is 4.79 Å². The van der Waals surface area contributed by atoms with Gasteiger partial charge in [-0.1, -0.05) is 25.1 Å². The summed E-state index contributed by atoms with van der Waals surface area (Å²) in [7, 11) is 0. The van der Waals surface area contributed by atoms with Crippen molar-refractivity contribution in [1.82, 2.24) is 5.32 Å². The summed E-state index contributed by atoms with van der Waals surface area (Å²) in [5.41, 5.74) is -0.222. The van der Waals surface area contributed by atoms with Crippen molar-refractivity contribution in [2.24, 2.45) is 11.8 Å². The first-order valence-electron chi connectivity index (χ1n) is 13.2. The normalized spacial score (nSPS) is 25.8. The lowest BCUT2D eigenvalue weighted by atomic mass is 9.85. The van der Waals surface area contributed by atoms with E-state index in [1.807, 2.05) is 6.92 Å². The molecule has 10 heteroatoms. The Balaban J connectivity index is 1.57. The van der Waals surface area contributed by atoms with E-state index < -0.39 is 35.9 Å². The molecule has 0 saturated heterocycles. The number of halogens is 6. The van der Waals surface area contributed by atoms with E-state index in [-0.39, 0.29) is 54.8 Å². The lowest BCUT2D eigenvalue weighted by molar-refractivity contribution is -0.185. The molecule has 1 unspecified atom stereocenters. The van der Waals surface area contributed by atoms with Crippen LogP contribution in [0.4, 0.5) is 26.3 Å². The van der Waals surface area contributed by atoms with Gasteiger partial charge in [0.2, 0.25) is 0 Å². The second-order valence-electron chi connectivity index (χ2n) is 10.6. The number of hydrogen-bond acceptors (Lipinski definition) is 3. The molecule has 0 heterocycles. The van der Waals surface area contributed by atoms with Crippen molar-refractivity contribution in [2.45, 2.75) is 95.3 Å². The molecule has 210 valence electrons. The van der Waals surface area contributed by atoms with E-state index in [1.54, 1.807) is 18.2 Å². The average molecular weight is 546 g/mol. The van der Waals surface area contributed by atoms with Crippen LogP contribution in [0.15, 0.2) is 30.3 Å². The van der Waals surface area contributed by atoms with Crippen molar-refractivity contribution in [2.75, 3.05) is 0 Å². The molecule has 2 aromatic rings. The maximum atomic E-state index is 14.3. The summed E-state index contributed by atoms with van der Waals surface area (Å²) >= 11 is 0. The molecule has 0 radical (unpaired) electrons. The van der Waals surface area contributed by atoms with Gasteiger partial charge in [-0.15, -0.1) is 0 Å². The number of alkyl halides is 6. The standard InChI is InChI=1S/C28H33F6NO3/c1-2-23(35-20-10-5-17(6-11-20)26(36)37)18-4-3-16-7-14-24(25(22(16)15-18)28(32,33)34)38-21-12-8-19(9-13-21)27(29,30)31/h3-4,7,14-15,17,19-21,23,35H,2,5-6,8-13H2,1H3,(H,36,37)/t17-,19-,20+,21+,23?. The van der Waals surface area contributed by atoms with Crippen LogP contribution >= 0.6 is 0 Å². The summed E-state index contributed by atoms with van der Waals surface area (Å²) in [6.07, 6.45) is -6.84. The molecule has 4 nitrogen and oxygen atoms in total. The van der Waals surface area contributed by atoms with Gasteiger partial charge in [0.15, 0.2) is 0 Å².